The number of hydrogen-bond acceptors (Lipinski definition) is 5. The topological polar surface area (TPSA) is 46.0 Å². The number of rotatable bonds is 4. The Bertz CT molecular complexity index is 543. The van der Waals surface area contributed by atoms with Crippen LogP contribution in [0.3, 0.4) is 0 Å². The molecule has 1 N–H and O–H groups in total. The van der Waals surface area contributed by atoms with E-state index in [4.69, 9.17) is 0 Å². The first-order chi connectivity index (χ1) is 8.61. The van der Waals surface area contributed by atoms with E-state index in [0.29, 0.717) is 10.5 Å². The quantitative estimate of drug-likeness (QED) is 0.934. The minimum atomic E-state index is -0.840. The molecular weight excluding hydrogens is 271 g/mol. The fourth-order valence-corrected chi connectivity index (χ4v) is 3.42. The number of aliphatic hydroxyl groups is 1. The fraction of sp³-hybridized carbons (Fsp3) is 0.333. The number of benzene rings is 1. The Balaban J connectivity index is 2.31. The van der Waals surface area contributed by atoms with Crippen molar-refractivity contribution in [3.63, 3.8) is 0 Å². The molecule has 0 aliphatic rings. The number of hydrogen-bond donors (Lipinski definition) is 1. The maximum atomic E-state index is 13.7. The van der Waals surface area contributed by atoms with Gasteiger partial charge in [0.25, 0.3) is 0 Å². The molecule has 3 nitrogen and oxygen atoms in total. The average Bonchev–Trinajstić information content (AvgIpc) is 2.76. The Hall–Kier alpha value is -0.980. The molecule has 0 fully saturated rings. The highest BCUT2D eigenvalue weighted by Crippen LogP contribution is 2.35. The molecule has 0 unspecified atom stereocenters. The molecule has 0 bridgehead atoms. The first kappa shape index (κ1) is 13.5. The van der Waals surface area contributed by atoms with E-state index < -0.39 is 11.9 Å². The maximum absolute atomic E-state index is 13.7. The van der Waals surface area contributed by atoms with Crippen molar-refractivity contribution < 1.29 is 9.50 Å². The van der Waals surface area contributed by atoms with Crippen LogP contribution in [0.1, 0.15) is 31.3 Å². The lowest BCUT2D eigenvalue weighted by molar-refractivity contribution is 0.191. The van der Waals surface area contributed by atoms with E-state index in [2.05, 4.69) is 9.36 Å². The first-order valence-corrected chi connectivity index (χ1v) is 7.17. The van der Waals surface area contributed by atoms with Crippen molar-refractivity contribution in [1.82, 2.24) is 9.36 Å². The molecule has 6 heteroatoms. The highest BCUT2D eigenvalue weighted by atomic mass is 32.2. The predicted molar refractivity (Wildman–Crippen MR) is 70.4 cm³/mol. The predicted octanol–water partition coefficient (Wildman–Crippen LogP) is 3.44. The van der Waals surface area contributed by atoms with E-state index in [1.54, 1.807) is 19.1 Å². The molecule has 1 heterocycles. The van der Waals surface area contributed by atoms with E-state index in [0.717, 1.165) is 16.6 Å². The minimum Gasteiger partial charge on any atom is -0.389 e. The molecule has 0 saturated heterocycles. The zero-order valence-electron chi connectivity index (χ0n) is 10.1. The Morgan fingerprint density at radius 3 is 2.89 bits per heavy atom. The lowest BCUT2D eigenvalue weighted by atomic mass is 10.1. The molecule has 1 aromatic carbocycles. The molecule has 18 heavy (non-hydrogen) atoms. The summed E-state index contributed by atoms with van der Waals surface area (Å²) in [5.41, 5.74) is 0.316. The summed E-state index contributed by atoms with van der Waals surface area (Å²) in [6, 6.07) is 4.76. The van der Waals surface area contributed by atoms with Crippen molar-refractivity contribution in [2.45, 2.75) is 35.6 Å². The number of aromatic nitrogens is 2. The molecule has 0 radical (unpaired) electrons. The molecule has 1 atom stereocenters. The van der Waals surface area contributed by atoms with Crippen molar-refractivity contribution in [2.75, 3.05) is 0 Å². The largest absolute Gasteiger partial charge is 0.389 e. The summed E-state index contributed by atoms with van der Waals surface area (Å²) in [5, 5.41) is 9.63. The van der Waals surface area contributed by atoms with Gasteiger partial charge in [0.15, 0.2) is 4.34 Å². The molecule has 0 spiro atoms. The van der Waals surface area contributed by atoms with Crippen LogP contribution in [0.4, 0.5) is 4.39 Å². The van der Waals surface area contributed by atoms with Gasteiger partial charge in [0.1, 0.15) is 11.6 Å². The molecule has 96 valence electrons. The van der Waals surface area contributed by atoms with Crippen molar-refractivity contribution in [2.24, 2.45) is 0 Å². The second kappa shape index (κ2) is 5.77. The number of nitrogens with zero attached hydrogens (tertiary/aromatic N) is 2. The van der Waals surface area contributed by atoms with Gasteiger partial charge in [-0.05, 0) is 30.6 Å². The summed E-state index contributed by atoms with van der Waals surface area (Å²) >= 11 is 2.63. The molecular formula is C12H13FN2OS2. The van der Waals surface area contributed by atoms with Gasteiger partial charge in [-0.15, -0.1) is 0 Å². The highest BCUT2D eigenvalue weighted by Gasteiger charge is 2.15. The summed E-state index contributed by atoms with van der Waals surface area (Å²) < 4.78 is 18.6. The molecule has 2 rings (SSSR count). The van der Waals surface area contributed by atoms with Crippen LogP contribution < -0.4 is 0 Å². The number of aryl methyl sites for hydroxylation is 1. The smallest absolute Gasteiger partial charge is 0.174 e. The fourth-order valence-electron chi connectivity index (χ4n) is 1.53. The standard InChI is InChI=1S/C12H13FN2OS2/c1-3-10-14-12(18-15-10)17-9-6-4-5-8(13)11(9)7(2)16/h4-7,16H,3H2,1-2H3/t7-/m0/s1. The maximum Gasteiger partial charge on any atom is 0.174 e. The third-order valence-electron chi connectivity index (χ3n) is 2.39. The van der Waals surface area contributed by atoms with Crippen LogP contribution in [0.2, 0.25) is 0 Å². The first-order valence-electron chi connectivity index (χ1n) is 5.58. The van der Waals surface area contributed by atoms with Gasteiger partial charge in [0.2, 0.25) is 0 Å². The summed E-state index contributed by atoms with van der Waals surface area (Å²) in [7, 11) is 0. The monoisotopic (exact) mass is 284 g/mol. The Morgan fingerprint density at radius 2 is 2.28 bits per heavy atom. The minimum absolute atomic E-state index is 0.316. The van der Waals surface area contributed by atoms with E-state index >= 15 is 0 Å². The van der Waals surface area contributed by atoms with Crippen LogP contribution >= 0.6 is 23.3 Å². The van der Waals surface area contributed by atoms with Crippen LogP contribution in [0.25, 0.3) is 0 Å². The zero-order chi connectivity index (χ0) is 13.1. The van der Waals surface area contributed by atoms with Crippen LogP contribution in [0.15, 0.2) is 27.4 Å². The van der Waals surface area contributed by atoms with Gasteiger partial charge >= 0.3 is 0 Å². The van der Waals surface area contributed by atoms with Gasteiger partial charge in [-0.3, -0.25) is 0 Å². The van der Waals surface area contributed by atoms with E-state index in [1.165, 1.54) is 29.4 Å². The molecule has 0 amide bonds. The summed E-state index contributed by atoms with van der Waals surface area (Å²) in [5.74, 6) is 0.396. The summed E-state index contributed by atoms with van der Waals surface area (Å²) in [6.07, 6.45) is -0.0593. The highest BCUT2D eigenvalue weighted by molar-refractivity contribution is 8.01. The molecule has 0 saturated carbocycles. The third-order valence-corrected chi connectivity index (χ3v) is 4.26. The van der Waals surface area contributed by atoms with E-state index in [1.807, 2.05) is 6.92 Å². The summed E-state index contributed by atoms with van der Waals surface area (Å²) in [4.78, 5) is 5.00. The van der Waals surface area contributed by atoms with Crippen LogP contribution in [-0.2, 0) is 6.42 Å². The molecule has 0 aliphatic heterocycles. The zero-order valence-corrected chi connectivity index (χ0v) is 11.7. The Labute approximate surface area is 113 Å². The van der Waals surface area contributed by atoms with Crippen molar-refractivity contribution in [1.29, 1.82) is 0 Å². The summed E-state index contributed by atoms with van der Waals surface area (Å²) in [6.45, 7) is 3.54. The van der Waals surface area contributed by atoms with Crippen molar-refractivity contribution in [3.8, 4) is 0 Å². The van der Waals surface area contributed by atoms with E-state index in [-0.39, 0.29) is 0 Å². The van der Waals surface area contributed by atoms with Crippen LogP contribution in [0, 0.1) is 5.82 Å². The Morgan fingerprint density at radius 1 is 1.50 bits per heavy atom. The van der Waals surface area contributed by atoms with Crippen LogP contribution in [0.5, 0.6) is 0 Å². The van der Waals surface area contributed by atoms with Crippen LogP contribution in [-0.4, -0.2) is 14.5 Å². The molecule has 0 aliphatic carbocycles. The number of halogens is 1. The van der Waals surface area contributed by atoms with Gasteiger partial charge in [-0.25, -0.2) is 9.37 Å². The third kappa shape index (κ3) is 2.88. The second-order valence-electron chi connectivity index (χ2n) is 3.76. The van der Waals surface area contributed by atoms with Gasteiger partial charge in [-0.2, -0.15) is 4.37 Å². The lowest BCUT2D eigenvalue weighted by Crippen LogP contribution is -1.98. The van der Waals surface area contributed by atoms with E-state index in [9.17, 15) is 9.50 Å². The van der Waals surface area contributed by atoms with Crippen molar-refractivity contribution >= 4 is 23.3 Å². The average molecular weight is 284 g/mol. The van der Waals surface area contributed by atoms with Gasteiger partial charge in [0, 0.05) is 16.9 Å². The SMILES string of the molecule is CCc1nsc(Sc2cccc(F)c2[C@H](C)O)n1. The van der Waals surface area contributed by atoms with Gasteiger partial charge < -0.3 is 5.11 Å². The molecule has 1 aromatic heterocycles. The van der Waals surface area contributed by atoms with Crippen molar-refractivity contribution in [3.05, 3.63) is 35.4 Å². The normalized spacial score (nSPS) is 12.7. The Kier molecular flexibility index (Phi) is 4.31. The second-order valence-corrected chi connectivity index (χ2v) is 5.80. The van der Waals surface area contributed by atoms with Gasteiger partial charge in [0.05, 0.1) is 6.10 Å². The number of aliphatic hydroxyl groups excluding tert-OH is 1. The van der Waals surface area contributed by atoms with Gasteiger partial charge in [-0.1, -0.05) is 24.8 Å². The lowest BCUT2D eigenvalue weighted by Gasteiger charge is -2.11. The molecule has 2 aromatic rings.